The molecule has 0 saturated carbocycles. The van der Waals surface area contributed by atoms with Gasteiger partial charge in [-0.05, 0) is 12.5 Å². The van der Waals surface area contributed by atoms with Crippen molar-refractivity contribution < 1.29 is 14.3 Å². The highest BCUT2D eigenvalue weighted by molar-refractivity contribution is 5.94. The van der Waals surface area contributed by atoms with Gasteiger partial charge in [0, 0.05) is 18.0 Å². The first kappa shape index (κ1) is 13.9. The fourth-order valence-corrected chi connectivity index (χ4v) is 3.10. The number of amides is 2. The van der Waals surface area contributed by atoms with E-state index in [0.717, 1.165) is 17.7 Å². The SMILES string of the molecule is CCCC1C(=O)NCC(=O)N1CC1COc2ccccc21. The Hall–Kier alpha value is -2.04. The average Bonchev–Trinajstić information content (AvgIpc) is 2.90. The highest BCUT2D eigenvalue weighted by atomic mass is 16.5. The first-order valence-corrected chi connectivity index (χ1v) is 7.49. The third kappa shape index (κ3) is 2.60. The van der Waals surface area contributed by atoms with E-state index >= 15 is 0 Å². The number of carbonyl (C=O) groups is 2. The number of benzene rings is 1. The summed E-state index contributed by atoms with van der Waals surface area (Å²) >= 11 is 0. The fourth-order valence-electron chi connectivity index (χ4n) is 3.10. The number of hydrogen-bond acceptors (Lipinski definition) is 3. The van der Waals surface area contributed by atoms with Gasteiger partial charge in [0.25, 0.3) is 0 Å². The molecule has 1 fully saturated rings. The highest BCUT2D eigenvalue weighted by Crippen LogP contribution is 2.34. The van der Waals surface area contributed by atoms with Gasteiger partial charge in [-0.25, -0.2) is 0 Å². The number of fused-ring (bicyclic) bond motifs is 1. The average molecular weight is 288 g/mol. The summed E-state index contributed by atoms with van der Waals surface area (Å²) in [5.74, 6) is 1.000. The predicted molar refractivity (Wildman–Crippen MR) is 78.1 cm³/mol. The van der Waals surface area contributed by atoms with Gasteiger partial charge >= 0.3 is 0 Å². The van der Waals surface area contributed by atoms with Gasteiger partial charge in [-0.1, -0.05) is 31.5 Å². The van der Waals surface area contributed by atoms with Gasteiger partial charge in [-0.15, -0.1) is 0 Å². The standard InChI is InChI=1S/C16H20N2O3/c1-2-5-13-16(20)17-8-15(19)18(13)9-11-10-21-14-7-4-3-6-12(11)14/h3-4,6-7,11,13H,2,5,8-10H2,1H3,(H,17,20). The van der Waals surface area contributed by atoms with Gasteiger partial charge in [-0.3, -0.25) is 9.59 Å². The van der Waals surface area contributed by atoms with Crippen molar-refractivity contribution >= 4 is 11.8 Å². The molecular weight excluding hydrogens is 268 g/mol. The van der Waals surface area contributed by atoms with Crippen molar-refractivity contribution in [3.63, 3.8) is 0 Å². The normalized spacial score (nSPS) is 24.5. The Morgan fingerprint density at radius 2 is 2.14 bits per heavy atom. The second kappa shape index (κ2) is 5.76. The van der Waals surface area contributed by atoms with Crippen LogP contribution in [0.1, 0.15) is 31.2 Å². The minimum atomic E-state index is -0.344. The zero-order valence-corrected chi connectivity index (χ0v) is 12.2. The summed E-state index contributed by atoms with van der Waals surface area (Å²) in [7, 11) is 0. The fraction of sp³-hybridized carbons (Fsp3) is 0.500. The first-order chi connectivity index (χ1) is 10.2. The smallest absolute Gasteiger partial charge is 0.243 e. The van der Waals surface area contributed by atoms with Crippen molar-refractivity contribution in [1.29, 1.82) is 0 Å². The van der Waals surface area contributed by atoms with E-state index in [4.69, 9.17) is 4.74 Å². The molecular formula is C16H20N2O3. The van der Waals surface area contributed by atoms with E-state index in [1.165, 1.54) is 0 Å². The lowest BCUT2D eigenvalue weighted by Crippen LogP contribution is -2.59. The van der Waals surface area contributed by atoms with Crippen molar-refractivity contribution in [1.82, 2.24) is 10.2 Å². The molecule has 112 valence electrons. The van der Waals surface area contributed by atoms with Crippen LogP contribution >= 0.6 is 0 Å². The van der Waals surface area contributed by atoms with Gasteiger partial charge < -0.3 is 15.0 Å². The maximum atomic E-state index is 12.2. The second-order valence-corrected chi connectivity index (χ2v) is 5.61. The molecule has 1 aromatic rings. The summed E-state index contributed by atoms with van der Waals surface area (Å²) in [4.78, 5) is 26.0. The van der Waals surface area contributed by atoms with Crippen LogP contribution in [0, 0.1) is 0 Å². The topological polar surface area (TPSA) is 58.6 Å². The van der Waals surface area contributed by atoms with Crippen LogP contribution in [0.25, 0.3) is 0 Å². The van der Waals surface area contributed by atoms with Gasteiger partial charge in [-0.2, -0.15) is 0 Å². The van der Waals surface area contributed by atoms with Crippen molar-refractivity contribution in [2.24, 2.45) is 0 Å². The molecule has 0 radical (unpaired) electrons. The number of hydrogen-bond donors (Lipinski definition) is 1. The minimum Gasteiger partial charge on any atom is -0.493 e. The molecule has 5 nitrogen and oxygen atoms in total. The molecule has 0 aliphatic carbocycles. The van der Waals surface area contributed by atoms with E-state index < -0.39 is 0 Å². The number of rotatable bonds is 4. The van der Waals surface area contributed by atoms with Crippen LogP contribution in [0.3, 0.4) is 0 Å². The number of para-hydroxylation sites is 1. The van der Waals surface area contributed by atoms with E-state index in [2.05, 4.69) is 5.32 Å². The zero-order chi connectivity index (χ0) is 14.8. The lowest BCUT2D eigenvalue weighted by molar-refractivity contribution is -0.146. The van der Waals surface area contributed by atoms with Gasteiger partial charge in [0.2, 0.25) is 11.8 Å². The number of ether oxygens (including phenoxy) is 1. The molecule has 2 aliphatic rings. The van der Waals surface area contributed by atoms with Gasteiger partial charge in [0.15, 0.2) is 0 Å². The molecule has 2 aliphatic heterocycles. The van der Waals surface area contributed by atoms with E-state index in [-0.39, 0.29) is 30.3 Å². The van der Waals surface area contributed by atoms with Gasteiger partial charge in [0.05, 0.1) is 13.2 Å². The van der Waals surface area contributed by atoms with Crippen LogP contribution in [-0.2, 0) is 9.59 Å². The summed E-state index contributed by atoms with van der Waals surface area (Å²) < 4.78 is 5.67. The molecule has 5 heteroatoms. The molecule has 0 spiro atoms. The lowest BCUT2D eigenvalue weighted by Gasteiger charge is -2.36. The molecule has 0 aromatic heterocycles. The molecule has 2 heterocycles. The van der Waals surface area contributed by atoms with Crippen molar-refractivity contribution in [2.45, 2.75) is 31.7 Å². The van der Waals surface area contributed by atoms with Gasteiger partial charge in [0.1, 0.15) is 11.8 Å². The Labute approximate surface area is 124 Å². The first-order valence-electron chi connectivity index (χ1n) is 7.49. The van der Waals surface area contributed by atoms with Crippen LogP contribution in [0.2, 0.25) is 0 Å². The Kier molecular flexibility index (Phi) is 3.82. The van der Waals surface area contributed by atoms with E-state index in [1.807, 2.05) is 31.2 Å². The number of nitrogens with one attached hydrogen (secondary N) is 1. The number of carbonyl (C=O) groups excluding carboxylic acids is 2. The zero-order valence-electron chi connectivity index (χ0n) is 12.2. The summed E-state index contributed by atoms with van der Waals surface area (Å²) in [6, 6.07) is 7.57. The Bertz CT molecular complexity index is 558. The predicted octanol–water partition coefficient (Wildman–Crippen LogP) is 1.29. The summed E-state index contributed by atoms with van der Waals surface area (Å²) in [5, 5.41) is 2.68. The van der Waals surface area contributed by atoms with Crippen molar-refractivity contribution in [3.05, 3.63) is 29.8 Å². The molecule has 3 rings (SSSR count). The van der Waals surface area contributed by atoms with E-state index in [0.29, 0.717) is 19.6 Å². The molecule has 2 atom stereocenters. The molecule has 1 N–H and O–H groups in total. The lowest BCUT2D eigenvalue weighted by atomic mass is 9.98. The minimum absolute atomic E-state index is 0.00238. The van der Waals surface area contributed by atoms with Crippen LogP contribution in [0.5, 0.6) is 5.75 Å². The molecule has 21 heavy (non-hydrogen) atoms. The molecule has 2 amide bonds. The van der Waals surface area contributed by atoms with Crippen LogP contribution in [-0.4, -0.2) is 42.5 Å². The molecule has 1 saturated heterocycles. The Morgan fingerprint density at radius 1 is 1.33 bits per heavy atom. The van der Waals surface area contributed by atoms with Crippen LogP contribution in [0.15, 0.2) is 24.3 Å². The third-order valence-electron chi connectivity index (χ3n) is 4.19. The second-order valence-electron chi connectivity index (χ2n) is 5.61. The molecule has 1 aromatic carbocycles. The number of nitrogens with zero attached hydrogens (tertiary/aromatic N) is 1. The maximum absolute atomic E-state index is 12.2. The molecule has 2 unspecified atom stereocenters. The maximum Gasteiger partial charge on any atom is 0.243 e. The third-order valence-corrected chi connectivity index (χ3v) is 4.19. The highest BCUT2D eigenvalue weighted by Gasteiger charge is 2.36. The van der Waals surface area contributed by atoms with Crippen LogP contribution in [0.4, 0.5) is 0 Å². The van der Waals surface area contributed by atoms with E-state index in [1.54, 1.807) is 4.90 Å². The number of piperazine rings is 1. The quantitative estimate of drug-likeness (QED) is 0.908. The Morgan fingerprint density at radius 3 is 2.95 bits per heavy atom. The van der Waals surface area contributed by atoms with Crippen LogP contribution < -0.4 is 10.1 Å². The van der Waals surface area contributed by atoms with Crippen molar-refractivity contribution in [2.75, 3.05) is 19.7 Å². The monoisotopic (exact) mass is 288 g/mol. The largest absolute Gasteiger partial charge is 0.493 e. The Balaban J connectivity index is 1.79. The molecule has 0 bridgehead atoms. The summed E-state index contributed by atoms with van der Waals surface area (Å²) in [6.07, 6.45) is 1.58. The van der Waals surface area contributed by atoms with Crippen molar-refractivity contribution in [3.8, 4) is 5.75 Å². The van der Waals surface area contributed by atoms with E-state index in [9.17, 15) is 9.59 Å². The summed E-state index contributed by atoms with van der Waals surface area (Å²) in [5.41, 5.74) is 1.13. The summed E-state index contributed by atoms with van der Waals surface area (Å²) in [6.45, 7) is 3.25.